The van der Waals surface area contributed by atoms with Crippen LogP contribution < -0.4 is 5.73 Å². The molecule has 2 nitrogen and oxygen atoms in total. The predicted molar refractivity (Wildman–Crippen MR) is 41.9 cm³/mol. The highest BCUT2D eigenvalue weighted by Crippen LogP contribution is 2.33. The van der Waals surface area contributed by atoms with Gasteiger partial charge < -0.3 is 10.5 Å². The second-order valence-electron chi connectivity index (χ2n) is 3.07. The van der Waals surface area contributed by atoms with E-state index in [1.54, 1.807) is 0 Å². The first-order chi connectivity index (χ1) is 4.83. The molecular weight excluding hydrogens is 126 g/mol. The molecule has 1 aliphatic rings. The zero-order valence-electron chi connectivity index (χ0n) is 6.73. The van der Waals surface area contributed by atoms with E-state index in [2.05, 4.69) is 6.92 Å². The molecule has 1 saturated heterocycles. The monoisotopic (exact) mass is 143 g/mol. The van der Waals surface area contributed by atoms with Gasteiger partial charge >= 0.3 is 0 Å². The van der Waals surface area contributed by atoms with Crippen LogP contribution >= 0.6 is 0 Å². The average molecular weight is 143 g/mol. The van der Waals surface area contributed by atoms with Crippen LogP contribution in [0.15, 0.2) is 0 Å². The Kier molecular flexibility index (Phi) is 2.69. The lowest BCUT2D eigenvalue weighted by Crippen LogP contribution is -2.45. The molecule has 0 aromatic rings. The van der Waals surface area contributed by atoms with Crippen molar-refractivity contribution in [3.8, 4) is 0 Å². The van der Waals surface area contributed by atoms with E-state index in [0.29, 0.717) is 0 Å². The zero-order chi connectivity index (χ0) is 7.45. The third kappa shape index (κ3) is 1.50. The van der Waals surface area contributed by atoms with Crippen LogP contribution in [0.2, 0.25) is 0 Å². The Bertz CT molecular complexity index is 91.4. The van der Waals surface area contributed by atoms with Crippen molar-refractivity contribution in [3.05, 3.63) is 0 Å². The van der Waals surface area contributed by atoms with E-state index in [1.807, 2.05) is 0 Å². The van der Waals surface area contributed by atoms with Gasteiger partial charge in [-0.05, 0) is 25.8 Å². The first kappa shape index (κ1) is 8.02. The van der Waals surface area contributed by atoms with Crippen LogP contribution in [-0.4, -0.2) is 18.8 Å². The summed E-state index contributed by atoms with van der Waals surface area (Å²) in [7, 11) is 0. The molecule has 0 radical (unpaired) electrons. The molecular formula is C8H17NO. The summed E-state index contributed by atoms with van der Waals surface area (Å²) in [4.78, 5) is 0. The third-order valence-electron chi connectivity index (χ3n) is 2.27. The van der Waals surface area contributed by atoms with Crippen molar-refractivity contribution in [1.29, 1.82) is 0 Å². The molecule has 1 atom stereocenters. The summed E-state index contributed by atoms with van der Waals surface area (Å²) in [6, 6.07) is 0. The number of hydrogen-bond acceptors (Lipinski definition) is 2. The van der Waals surface area contributed by atoms with Crippen LogP contribution in [0, 0.1) is 0 Å². The molecule has 0 amide bonds. The maximum Gasteiger partial charge on any atom is 0.0716 e. The summed E-state index contributed by atoms with van der Waals surface area (Å²) in [6.45, 7) is 3.90. The molecule has 1 aliphatic heterocycles. The SMILES string of the molecule is CCCC1(CCN)CCO1. The Hall–Kier alpha value is -0.0800. The van der Waals surface area contributed by atoms with Gasteiger partial charge in [0.25, 0.3) is 0 Å². The summed E-state index contributed by atoms with van der Waals surface area (Å²) in [5.41, 5.74) is 5.67. The van der Waals surface area contributed by atoms with E-state index in [0.717, 1.165) is 19.6 Å². The molecule has 0 saturated carbocycles. The highest BCUT2D eigenvalue weighted by atomic mass is 16.5. The lowest BCUT2D eigenvalue weighted by Gasteiger charge is -2.42. The van der Waals surface area contributed by atoms with Crippen molar-refractivity contribution in [2.45, 2.75) is 38.2 Å². The standard InChI is InChI=1S/C8H17NO/c1-2-3-8(4-6-9)5-7-10-8/h2-7,9H2,1H3. The van der Waals surface area contributed by atoms with Crippen LogP contribution in [-0.2, 0) is 4.74 Å². The third-order valence-corrected chi connectivity index (χ3v) is 2.27. The van der Waals surface area contributed by atoms with Crippen LogP contribution in [0.3, 0.4) is 0 Å². The van der Waals surface area contributed by atoms with Crippen molar-refractivity contribution in [3.63, 3.8) is 0 Å². The van der Waals surface area contributed by atoms with Crippen LogP contribution in [0.4, 0.5) is 0 Å². The van der Waals surface area contributed by atoms with E-state index in [-0.39, 0.29) is 5.60 Å². The van der Waals surface area contributed by atoms with Gasteiger partial charge in [0.05, 0.1) is 12.2 Å². The molecule has 0 aromatic heterocycles. The van der Waals surface area contributed by atoms with Crippen molar-refractivity contribution < 1.29 is 4.74 Å². The van der Waals surface area contributed by atoms with Gasteiger partial charge in [0.15, 0.2) is 0 Å². The summed E-state index contributed by atoms with van der Waals surface area (Å²) in [5.74, 6) is 0. The molecule has 1 heterocycles. The summed E-state index contributed by atoms with van der Waals surface area (Å²) >= 11 is 0. The van der Waals surface area contributed by atoms with Gasteiger partial charge in [0, 0.05) is 0 Å². The summed E-state index contributed by atoms with van der Waals surface area (Å²) in [5, 5.41) is 0. The number of rotatable bonds is 4. The Labute approximate surface area is 62.7 Å². The minimum atomic E-state index is 0.198. The number of ether oxygens (including phenoxy) is 1. The van der Waals surface area contributed by atoms with Crippen molar-refractivity contribution in [1.82, 2.24) is 0 Å². The fourth-order valence-electron chi connectivity index (χ4n) is 1.63. The Morgan fingerprint density at radius 2 is 2.20 bits per heavy atom. The normalized spacial score (nSPS) is 31.8. The van der Waals surface area contributed by atoms with E-state index >= 15 is 0 Å². The molecule has 0 bridgehead atoms. The van der Waals surface area contributed by atoms with Gasteiger partial charge in [-0.3, -0.25) is 0 Å². The van der Waals surface area contributed by atoms with Gasteiger partial charge in [0.2, 0.25) is 0 Å². The molecule has 0 aliphatic carbocycles. The maximum atomic E-state index is 5.52. The maximum absolute atomic E-state index is 5.52. The van der Waals surface area contributed by atoms with Gasteiger partial charge in [0.1, 0.15) is 0 Å². The lowest BCUT2D eigenvalue weighted by molar-refractivity contribution is -0.154. The first-order valence-corrected chi connectivity index (χ1v) is 4.17. The minimum absolute atomic E-state index is 0.198. The Morgan fingerprint density at radius 3 is 2.50 bits per heavy atom. The molecule has 10 heavy (non-hydrogen) atoms. The van der Waals surface area contributed by atoms with E-state index < -0.39 is 0 Å². The minimum Gasteiger partial charge on any atom is -0.375 e. The van der Waals surface area contributed by atoms with E-state index in [1.165, 1.54) is 19.3 Å². The molecule has 1 unspecified atom stereocenters. The van der Waals surface area contributed by atoms with Gasteiger partial charge in [-0.2, -0.15) is 0 Å². The predicted octanol–water partition coefficient (Wildman–Crippen LogP) is 1.29. The van der Waals surface area contributed by atoms with Crippen molar-refractivity contribution in [2.75, 3.05) is 13.2 Å². The van der Waals surface area contributed by atoms with Crippen molar-refractivity contribution in [2.24, 2.45) is 5.73 Å². The molecule has 0 spiro atoms. The summed E-state index contributed by atoms with van der Waals surface area (Å²) < 4.78 is 5.52. The zero-order valence-corrected chi connectivity index (χ0v) is 6.73. The fraction of sp³-hybridized carbons (Fsp3) is 1.00. The quantitative estimate of drug-likeness (QED) is 0.643. The second-order valence-corrected chi connectivity index (χ2v) is 3.07. The fourth-order valence-corrected chi connectivity index (χ4v) is 1.63. The summed E-state index contributed by atoms with van der Waals surface area (Å²) in [6.07, 6.45) is 4.66. The van der Waals surface area contributed by atoms with Crippen LogP contribution in [0.5, 0.6) is 0 Å². The van der Waals surface area contributed by atoms with Gasteiger partial charge in [-0.1, -0.05) is 13.3 Å². The smallest absolute Gasteiger partial charge is 0.0716 e. The topological polar surface area (TPSA) is 35.2 Å². The van der Waals surface area contributed by atoms with E-state index in [9.17, 15) is 0 Å². The Morgan fingerprint density at radius 1 is 1.50 bits per heavy atom. The highest BCUT2D eigenvalue weighted by molar-refractivity contribution is 4.86. The van der Waals surface area contributed by atoms with Gasteiger partial charge in [-0.15, -0.1) is 0 Å². The largest absolute Gasteiger partial charge is 0.375 e. The molecule has 1 rings (SSSR count). The van der Waals surface area contributed by atoms with Crippen LogP contribution in [0.25, 0.3) is 0 Å². The molecule has 1 fully saturated rings. The first-order valence-electron chi connectivity index (χ1n) is 4.17. The van der Waals surface area contributed by atoms with E-state index in [4.69, 9.17) is 10.5 Å². The highest BCUT2D eigenvalue weighted by Gasteiger charge is 2.36. The molecule has 2 N–H and O–H groups in total. The van der Waals surface area contributed by atoms with Crippen LogP contribution in [0.1, 0.15) is 32.6 Å². The van der Waals surface area contributed by atoms with Crippen molar-refractivity contribution >= 4 is 0 Å². The molecule has 60 valence electrons. The average Bonchev–Trinajstić information content (AvgIpc) is 1.84. The van der Waals surface area contributed by atoms with Gasteiger partial charge in [-0.25, -0.2) is 0 Å². The number of nitrogens with two attached hydrogens (primary N) is 1. The lowest BCUT2D eigenvalue weighted by atomic mass is 9.86. The Balaban J connectivity index is 2.27. The molecule has 2 heteroatoms. The number of hydrogen-bond donors (Lipinski definition) is 1. The molecule has 0 aromatic carbocycles. The second kappa shape index (κ2) is 3.35.